The van der Waals surface area contributed by atoms with Crippen LogP contribution in [-0.2, 0) is 0 Å². The normalized spacial score (nSPS) is 12.8. The van der Waals surface area contributed by atoms with Crippen molar-refractivity contribution < 1.29 is 4.39 Å². The molecule has 0 saturated heterocycles. The van der Waals surface area contributed by atoms with E-state index in [0.29, 0.717) is 0 Å². The Morgan fingerprint density at radius 1 is 1.35 bits per heavy atom. The molecular formula is C13H16FN3. The standard InChI is InChI=1S/C13H16FN3/c1-8-6-11(14)4-5-13(8)17-10(3)12(7-16-17)9(2)15/h4-7,9H,15H2,1-3H3. The van der Waals surface area contributed by atoms with Crippen molar-refractivity contribution in [1.82, 2.24) is 9.78 Å². The molecule has 3 nitrogen and oxygen atoms in total. The smallest absolute Gasteiger partial charge is 0.123 e. The van der Waals surface area contributed by atoms with Gasteiger partial charge in [0.05, 0.1) is 11.9 Å². The first-order valence-electron chi connectivity index (χ1n) is 5.57. The molecule has 0 aliphatic carbocycles. The van der Waals surface area contributed by atoms with E-state index in [9.17, 15) is 4.39 Å². The maximum absolute atomic E-state index is 13.0. The monoisotopic (exact) mass is 233 g/mol. The Balaban J connectivity index is 2.54. The SMILES string of the molecule is Cc1cc(F)ccc1-n1ncc(C(C)N)c1C. The largest absolute Gasteiger partial charge is 0.324 e. The number of aryl methyl sites for hydroxylation is 1. The zero-order valence-electron chi connectivity index (χ0n) is 10.2. The highest BCUT2D eigenvalue weighted by molar-refractivity contribution is 5.42. The lowest BCUT2D eigenvalue weighted by Crippen LogP contribution is -2.07. The number of rotatable bonds is 2. The van der Waals surface area contributed by atoms with E-state index in [-0.39, 0.29) is 11.9 Å². The van der Waals surface area contributed by atoms with E-state index < -0.39 is 0 Å². The molecule has 0 bridgehead atoms. The number of nitrogens with zero attached hydrogens (tertiary/aromatic N) is 2. The molecule has 2 rings (SSSR count). The second-order valence-corrected chi connectivity index (χ2v) is 4.32. The van der Waals surface area contributed by atoms with Gasteiger partial charge in [0.15, 0.2) is 0 Å². The fraction of sp³-hybridized carbons (Fsp3) is 0.308. The van der Waals surface area contributed by atoms with Gasteiger partial charge in [0, 0.05) is 17.3 Å². The van der Waals surface area contributed by atoms with Crippen LogP contribution in [0.15, 0.2) is 24.4 Å². The molecule has 0 aliphatic heterocycles. The van der Waals surface area contributed by atoms with Gasteiger partial charge in [0.25, 0.3) is 0 Å². The molecule has 0 amide bonds. The van der Waals surface area contributed by atoms with Gasteiger partial charge in [-0.2, -0.15) is 5.10 Å². The molecule has 1 unspecified atom stereocenters. The lowest BCUT2D eigenvalue weighted by molar-refractivity contribution is 0.625. The lowest BCUT2D eigenvalue weighted by Gasteiger charge is -2.10. The maximum Gasteiger partial charge on any atom is 0.123 e. The van der Waals surface area contributed by atoms with E-state index >= 15 is 0 Å². The van der Waals surface area contributed by atoms with Gasteiger partial charge in [-0.05, 0) is 44.5 Å². The number of aromatic nitrogens is 2. The predicted molar refractivity (Wildman–Crippen MR) is 65.6 cm³/mol. The zero-order chi connectivity index (χ0) is 12.6. The number of hydrogen-bond donors (Lipinski definition) is 1. The summed E-state index contributed by atoms with van der Waals surface area (Å²) in [6, 6.07) is 4.62. The van der Waals surface area contributed by atoms with Crippen molar-refractivity contribution in [2.24, 2.45) is 5.73 Å². The van der Waals surface area contributed by atoms with Crippen LogP contribution in [0.5, 0.6) is 0 Å². The van der Waals surface area contributed by atoms with Crippen molar-refractivity contribution in [2.45, 2.75) is 26.8 Å². The van der Waals surface area contributed by atoms with Gasteiger partial charge in [-0.3, -0.25) is 0 Å². The zero-order valence-corrected chi connectivity index (χ0v) is 10.2. The Morgan fingerprint density at radius 3 is 2.59 bits per heavy atom. The Labute approximate surface area is 100 Å². The molecule has 0 aliphatic rings. The van der Waals surface area contributed by atoms with Gasteiger partial charge in [0.2, 0.25) is 0 Å². The molecule has 0 fully saturated rings. The molecule has 1 heterocycles. The maximum atomic E-state index is 13.0. The first kappa shape index (κ1) is 11.8. The third-order valence-corrected chi connectivity index (χ3v) is 2.93. The fourth-order valence-corrected chi connectivity index (χ4v) is 1.97. The highest BCUT2D eigenvalue weighted by Gasteiger charge is 2.12. The molecule has 4 heteroatoms. The van der Waals surface area contributed by atoms with E-state index in [0.717, 1.165) is 22.5 Å². The van der Waals surface area contributed by atoms with E-state index in [2.05, 4.69) is 5.10 Å². The van der Waals surface area contributed by atoms with Crippen LogP contribution in [0, 0.1) is 19.7 Å². The predicted octanol–water partition coefficient (Wildman–Crippen LogP) is 2.65. The highest BCUT2D eigenvalue weighted by atomic mass is 19.1. The summed E-state index contributed by atoms with van der Waals surface area (Å²) in [6.45, 7) is 5.76. The van der Waals surface area contributed by atoms with Crippen LogP contribution >= 0.6 is 0 Å². The summed E-state index contributed by atoms with van der Waals surface area (Å²) >= 11 is 0. The third kappa shape index (κ3) is 2.08. The first-order chi connectivity index (χ1) is 8.00. The molecule has 0 spiro atoms. The van der Waals surface area contributed by atoms with E-state index in [1.54, 1.807) is 16.9 Å². The number of benzene rings is 1. The van der Waals surface area contributed by atoms with Gasteiger partial charge in [-0.1, -0.05) is 0 Å². The van der Waals surface area contributed by atoms with Crippen LogP contribution in [0.4, 0.5) is 4.39 Å². The average molecular weight is 233 g/mol. The number of nitrogens with two attached hydrogens (primary N) is 1. The Hall–Kier alpha value is -1.68. The minimum atomic E-state index is -0.233. The fourth-order valence-electron chi connectivity index (χ4n) is 1.97. The molecule has 17 heavy (non-hydrogen) atoms. The topological polar surface area (TPSA) is 43.8 Å². The Bertz CT molecular complexity index is 544. The van der Waals surface area contributed by atoms with Crippen molar-refractivity contribution in [3.63, 3.8) is 0 Å². The van der Waals surface area contributed by atoms with Crippen molar-refractivity contribution in [2.75, 3.05) is 0 Å². The number of hydrogen-bond acceptors (Lipinski definition) is 2. The second-order valence-electron chi connectivity index (χ2n) is 4.32. The summed E-state index contributed by atoms with van der Waals surface area (Å²) in [6.07, 6.45) is 1.77. The van der Waals surface area contributed by atoms with Crippen LogP contribution in [-0.4, -0.2) is 9.78 Å². The van der Waals surface area contributed by atoms with Crippen molar-refractivity contribution >= 4 is 0 Å². The molecule has 1 aromatic carbocycles. The molecule has 2 N–H and O–H groups in total. The molecule has 0 radical (unpaired) electrons. The number of halogens is 1. The summed E-state index contributed by atoms with van der Waals surface area (Å²) in [5.74, 6) is -0.233. The quantitative estimate of drug-likeness (QED) is 0.866. The summed E-state index contributed by atoms with van der Waals surface area (Å²) in [7, 11) is 0. The minimum Gasteiger partial charge on any atom is -0.324 e. The van der Waals surface area contributed by atoms with Crippen LogP contribution in [0.3, 0.4) is 0 Å². The summed E-state index contributed by atoms with van der Waals surface area (Å²) < 4.78 is 14.8. The first-order valence-corrected chi connectivity index (χ1v) is 5.57. The van der Waals surface area contributed by atoms with E-state index in [1.807, 2.05) is 20.8 Å². The Kier molecular flexibility index (Phi) is 2.98. The lowest BCUT2D eigenvalue weighted by atomic mass is 10.1. The van der Waals surface area contributed by atoms with Crippen LogP contribution in [0.1, 0.15) is 29.8 Å². The molecule has 1 atom stereocenters. The molecule has 1 aromatic heterocycles. The van der Waals surface area contributed by atoms with Crippen molar-refractivity contribution in [3.8, 4) is 5.69 Å². The molecule has 90 valence electrons. The van der Waals surface area contributed by atoms with Crippen molar-refractivity contribution in [1.29, 1.82) is 0 Å². The molecular weight excluding hydrogens is 217 g/mol. The van der Waals surface area contributed by atoms with Gasteiger partial charge in [-0.15, -0.1) is 0 Å². The summed E-state index contributed by atoms with van der Waals surface area (Å²) in [5, 5.41) is 4.31. The van der Waals surface area contributed by atoms with Gasteiger partial charge >= 0.3 is 0 Å². The summed E-state index contributed by atoms with van der Waals surface area (Å²) in [4.78, 5) is 0. The third-order valence-electron chi connectivity index (χ3n) is 2.93. The van der Waals surface area contributed by atoms with Crippen LogP contribution in [0.25, 0.3) is 5.69 Å². The molecule has 2 aromatic rings. The average Bonchev–Trinajstić information content (AvgIpc) is 2.60. The van der Waals surface area contributed by atoms with Crippen LogP contribution in [0.2, 0.25) is 0 Å². The van der Waals surface area contributed by atoms with E-state index in [4.69, 9.17) is 5.73 Å². The Morgan fingerprint density at radius 2 is 2.06 bits per heavy atom. The van der Waals surface area contributed by atoms with Gasteiger partial charge in [0.1, 0.15) is 5.82 Å². The second kappa shape index (κ2) is 4.30. The van der Waals surface area contributed by atoms with Gasteiger partial charge < -0.3 is 5.73 Å². The summed E-state index contributed by atoms with van der Waals surface area (Å²) in [5.41, 5.74) is 9.60. The minimum absolute atomic E-state index is 0.0514. The highest BCUT2D eigenvalue weighted by Crippen LogP contribution is 2.21. The molecule has 0 saturated carbocycles. The van der Waals surface area contributed by atoms with Gasteiger partial charge in [-0.25, -0.2) is 9.07 Å². The van der Waals surface area contributed by atoms with Crippen molar-refractivity contribution in [3.05, 3.63) is 47.0 Å². The van der Waals surface area contributed by atoms with E-state index in [1.165, 1.54) is 12.1 Å². The van der Waals surface area contributed by atoms with Crippen LogP contribution < -0.4 is 5.73 Å².